The first-order chi connectivity index (χ1) is 13.6. The number of thioether (sulfide) groups is 1. The molecule has 8 nitrogen and oxygen atoms in total. The van der Waals surface area contributed by atoms with Gasteiger partial charge in [0.2, 0.25) is 0 Å². The van der Waals surface area contributed by atoms with E-state index >= 15 is 0 Å². The molecule has 1 amide bonds. The van der Waals surface area contributed by atoms with Crippen LogP contribution in [0.1, 0.15) is 23.3 Å². The highest BCUT2D eigenvalue weighted by atomic mass is 32.2. The van der Waals surface area contributed by atoms with Gasteiger partial charge in [0.1, 0.15) is 6.17 Å². The molecule has 0 fully saturated rings. The Morgan fingerprint density at radius 3 is 2.71 bits per heavy atom. The highest BCUT2D eigenvalue weighted by Gasteiger charge is 2.41. The summed E-state index contributed by atoms with van der Waals surface area (Å²) in [5.41, 5.74) is 2.45. The summed E-state index contributed by atoms with van der Waals surface area (Å²) in [6.07, 6.45) is 1.30. The van der Waals surface area contributed by atoms with E-state index in [0.29, 0.717) is 10.9 Å². The molecule has 28 heavy (non-hydrogen) atoms. The molecule has 0 radical (unpaired) electrons. The highest BCUT2D eigenvalue weighted by Crippen LogP contribution is 2.42. The van der Waals surface area contributed by atoms with Crippen molar-refractivity contribution in [1.82, 2.24) is 10.3 Å². The lowest BCUT2D eigenvalue weighted by Crippen LogP contribution is -2.50. The van der Waals surface area contributed by atoms with Gasteiger partial charge in [-0.05, 0) is 23.8 Å². The van der Waals surface area contributed by atoms with E-state index < -0.39 is 17.1 Å². The molecule has 2 aromatic carbocycles. The lowest BCUT2D eigenvalue weighted by Gasteiger charge is -2.43. The van der Waals surface area contributed by atoms with Gasteiger partial charge in [0, 0.05) is 29.1 Å². The molecule has 0 spiro atoms. The number of amides is 1. The Bertz CT molecular complexity index is 976. The number of nitrogens with zero attached hydrogens (tertiary/aromatic N) is 3. The number of carbonyl (C=O) groups excluding carboxylic acids is 1. The second-order valence-corrected chi connectivity index (χ2v) is 7.27. The van der Waals surface area contributed by atoms with Crippen molar-refractivity contribution in [2.75, 3.05) is 11.1 Å². The molecule has 0 saturated carbocycles. The number of non-ortho nitro benzene ring substituents is 1. The van der Waals surface area contributed by atoms with Crippen molar-refractivity contribution >= 4 is 34.2 Å². The average molecular weight is 395 g/mol. The monoisotopic (exact) mass is 395 g/mol. The standard InChI is InChI=1S/C19H17N5O3S/c1-2-11-28-19-21-18(25)16-14-5-3-4-6-15(14)20-17(23(16)22-19)12-7-9-13(10-8-12)24(26)27/h2-10,16-17,20H,1,11H2,(H,21,22,25)/t16-,17-/m1/s1. The van der Waals surface area contributed by atoms with Crippen LogP contribution in [0, 0.1) is 10.1 Å². The van der Waals surface area contributed by atoms with Crippen LogP contribution >= 0.6 is 11.8 Å². The normalized spacial score (nSPS) is 20.2. The minimum absolute atomic E-state index is 0.0126. The summed E-state index contributed by atoms with van der Waals surface area (Å²) in [4.78, 5) is 23.4. The first-order valence-corrected chi connectivity index (χ1v) is 9.58. The van der Waals surface area contributed by atoms with E-state index in [0.717, 1.165) is 16.8 Å². The van der Waals surface area contributed by atoms with Gasteiger partial charge >= 0.3 is 0 Å². The molecule has 0 bridgehead atoms. The van der Waals surface area contributed by atoms with E-state index in [1.165, 1.54) is 23.9 Å². The number of carbonyl (C=O) groups is 1. The van der Waals surface area contributed by atoms with Crippen molar-refractivity contribution in [3.8, 4) is 0 Å². The van der Waals surface area contributed by atoms with Gasteiger partial charge in [-0.2, -0.15) is 0 Å². The number of anilines is 1. The minimum atomic E-state index is -0.592. The van der Waals surface area contributed by atoms with Crippen LogP contribution in [0.15, 0.2) is 66.3 Å². The minimum Gasteiger partial charge on any atom is -0.360 e. The molecule has 2 heterocycles. The van der Waals surface area contributed by atoms with Crippen LogP contribution in [0.4, 0.5) is 11.4 Å². The number of amidine groups is 1. The number of hydrazone groups is 1. The third-order valence-electron chi connectivity index (χ3n) is 4.52. The Balaban J connectivity index is 1.77. The van der Waals surface area contributed by atoms with Crippen molar-refractivity contribution in [2.45, 2.75) is 12.2 Å². The molecule has 2 aliphatic heterocycles. The van der Waals surface area contributed by atoms with Crippen molar-refractivity contribution < 1.29 is 9.72 Å². The molecule has 142 valence electrons. The van der Waals surface area contributed by atoms with E-state index in [4.69, 9.17) is 0 Å². The molecule has 0 aliphatic carbocycles. The molecule has 0 aromatic heterocycles. The maximum Gasteiger partial charge on any atom is 0.269 e. The van der Waals surface area contributed by atoms with Crippen molar-refractivity contribution in [2.24, 2.45) is 5.10 Å². The number of benzene rings is 2. The quantitative estimate of drug-likeness (QED) is 0.468. The van der Waals surface area contributed by atoms with Gasteiger partial charge in [-0.3, -0.25) is 19.9 Å². The highest BCUT2D eigenvalue weighted by molar-refractivity contribution is 8.14. The number of nitro benzene ring substituents is 1. The summed E-state index contributed by atoms with van der Waals surface area (Å²) in [5, 5.41) is 24.1. The van der Waals surface area contributed by atoms with Crippen LogP contribution in [0.2, 0.25) is 0 Å². The van der Waals surface area contributed by atoms with Gasteiger partial charge in [0.05, 0.1) is 4.92 Å². The van der Waals surface area contributed by atoms with Crippen LogP contribution in [0.3, 0.4) is 0 Å². The third-order valence-corrected chi connectivity index (χ3v) is 5.38. The molecule has 2 aromatic rings. The Hall–Kier alpha value is -3.33. The maximum atomic E-state index is 12.9. The fourth-order valence-corrected chi connectivity index (χ4v) is 3.87. The molecular weight excluding hydrogens is 378 g/mol. The molecule has 4 rings (SSSR count). The SMILES string of the molecule is C=CCSC1=NN2[C@H](c3ccc([N+](=O)[O-])cc3)Nc3ccccc3[C@@H]2C(=O)N1. The zero-order chi connectivity index (χ0) is 19.7. The molecule has 2 atom stereocenters. The zero-order valence-corrected chi connectivity index (χ0v) is 15.6. The van der Waals surface area contributed by atoms with Gasteiger partial charge in [0.25, 0.3) is 11.6 Å². The summed E-state index contributed by atoms with van der Waals surface area (Å²) in [6, 6.07) is 13.2. The number of para-hydroxylation sites is 1. The Kier molecular flexibility index (Phi) is 4.74. The predicted molar refractivity (Wildman–Crippen MR) is 109 cm³/mol. The smallest absolute Gasteiger partial charge is 0.269 e. The summed E-state index contributed by atoms with van der Waals surface area (Å²) in [7, 11) is 0. The van der Waals surface area contributed by atoms with E-state index in [9.17, 15) is 14.9 Å². The Labute approximate surface area is 165 Å². The van der Waals surface area contributed by atoms with Gasteiger partial charge in [0.15, 0.2) is 11.2 Å². The largest absolute Gasteiger partial charge is 0.360 e. The summed E-state index contributed by atoms with van der Waals surface area (Å²) in [5.74, 6) is 0.450. The Morgan fingerprint density at radius 1 is 1.25 bits per heavy atom. The average Bonchev–Trinajstić information content (AvgIpc) is 2.71. The van der Waals surface area contributed by atoms with E-state index in [1.807, 2.05) is 24.3 Å². The number of hydrogen-bond acceptors (Lipinski definition) is 7. The van der Waals surface area contributed by atoms with Gasteiger partial charge in [-0.1, -0.05) is 36.0 Å². The van der Waals surface area contributed by atoms with Gasteiger partial charge < -0.3 is 10.6 Å². The summed E-state index contributed by atoms with van der Waals surface area (Å²) >= 11 is 1.38. The molecular formula is C19H17N5O3S. The van der Waals surface area contributed by atoms with Gasteiger partial charge in [-0.15, -0.1) is 11.7 Å². The first-order valence-electron chi connectivity index (χ1n) is 8.60. The third kappa shape index (κ3) is 3.20. The second kappa shape index (κ2) is 7.35. The number of hydrogen-bond donors (Lipinski definition) is 2. The van der Waals surface area contributed by atoms with Crippen LogP contribution in [0.25, 0.3) is 0 Å². The number of nitro groups is 1. The van der Waals surface area contributed by atoms with Crippen molar-refractivity contribution in [3.63, 3.8) is 0 Å². The van der Waals surface area contributed by atoms with E-state index in [2.05, 4.69) is 22.3 Å². The fraction of sp³-hybridized carbons (Fsp3) is 0.158. The number of fused-ring (bicyclic) bond motifs is 3. The summed E-state index contributed by atoms with van der Waals surface area (Å²) in [6.45, 7) is 3.69. The first kappa shape index (κ1) is 18.1. The van der Waals surface area contributed by atoms with Crippen LogP contribution in [-0.4, -0.2) is 26.8 Å². The van der Waals surface area contributed by atoms with Crippen molar-refractivity contribution in [1.29, 1.82) is 0 Å². The lowest BCUT2D eigenvalue weighted by atomic mass is 9.97. The van der Waals surface area contributed by atoms with E-state index in [1.54, 1.807) is 23.2 Å². The molecule has 9 heteroatoms. The zero-order valence-electron chi connectivity index (χ0n) is 14.7. The van der Waals surface area contributed by atoms with Crippen LogP contribution < -0.4 is 10.6 Å². The summed E-state index contributed by atoms with van der Waals surface area (Å²) < 4.78 is 0. The second-order valence-electron chi connectivity index (χ2n) is 6.26. The maximum absolute atomic E-state index is 12.9. The molecule has 0 saturated heterocycles. The predicted octanol–water partition coefficient (Wildman–Crippen LogP) is 3.38. The Morgan fingerprint density at radius 2 is 2.00 bits per heavy atom. The lowest BCUT2D eigenvalue weighted by molar-refractivity contribution is -0.384. The number of rotatable bonds is 4. The number of nitrogens with one attached hydrogen (secondary N) is 2. The van der Waals surface area contributed by atoms with Crippen LogP contribution in [0.5, 0.6) is 0 Å². The molecule has 0 unspecified atom stereocenters. The molecule has 2 aliphatic rings. The van der Waals surface area contributed by atoms with Crippen molar-refractivity contribution in [3.05, 3.63) is 82.4 Å². The van der Waals surface area contributed by atoms with E-state index in [-0.39, 0.29) is 11.6 Å². The fourth-order valence-electron chi connectivity index (χ4n) is 3.27. The topological polar surface area (TPSA) is 99.9 Å². The molecule has 2 N–H and O–H groups in total. The van der Waals surface area contributed by atoms with Gasteiger partial charge in [-0.25, -0.2) is 0 Å². The van der Waals surface area contributed by atoms with Crippen LogP contribution in [-0.2, 0) is 4.79 Å².